The van der Waals surface area contributed by atoms with Crippen LogP contribution in [0.25, 0.3) is 33.4 Å². The number of benzene rings is 4. The first kappa shape index (κ1) is 41.0. The molecule has 0 atom stereocenters. The number of rotatable bonds is 5. The van der Waals surface area contributed by atoms with Crippen molar-refractivity contribution < 1.29 is 98.8 Å². The van der Waals surface area contributed by atoms with Gasteiger partial charge < -0.3 is 19.8 Å². The zero-order valence-electron chi connectivity index (χ0n) is 24.8. The largest absolute Gasteiger partial charge is 0.860 e. The summed E-state index contributed by atoms with van der Waals surface area (Å²) in [5.41, 5.74) is -23.2. The smallest absolute Gasteiger partial charge is 0.416 e. The van der Waals surface area contributed by atoms with E-state index >= 15 is 0 Å². The number of aromatic hydroxyl groups is 1. The standard InChI is InChI=1S/C30H11BF18O4/c32-25(33,34)14-1-11(2-15(7-14)26(35,36)37)20-10-21(53-31(51)52)24(50)23(13-5-18(29(44,45)46)9-19(6-13)30(47,48)49)22(20)12-3-16(27(38,39)40)8-17(4-12)28(41,42)43/h1-10,50H/q-2. The second-order valence-electron chi connectivity index (χ2n) is 10.8. The van der Waals surface area contributed by atoms with E-state index in [1.54, 1.807) is 0 Å². The summed E-state index contributed by atoms with van der Waals surface area (Å²) in [6.45, 7) is 0. The van der Waals surface area contributed by atoms with Gasteiger partial charge in [0.05, 0.1) is 33.4 Å². The average molecular weight is 788 g/mol. The molecule has 286 valence electrons. The molecule has 0 radical (unpaired) electrons. The molecule has 4 rings (SSSR count). The zero-order valence-corrected chi connectivity index (χ0v) is 24.8. The minimum atomic E-state index is -5.76. The number of phenols is 1. The quantitative estimate of drug-likeness (QED) is 0.162. The summed E-state index contributed by atoms with van der Waals surface area (Å²) in [7, 11) is -3.64. The Balaban J connectivity index is 2.42. The molecule has 4 aromatic rings. The summed E-state index contributed by atoms with van der Waals surface area (Å²) < 4.78 is 254. The SMILES string of the molecule is [O-]B([O-])Oc1cc(-c2cc(C(F)(F)F)cc(C(F)(F)F)c2)c(-c2cc(C(F)(F)F)cc(C(F)(F)F)c2)c(-c2cc(C(F)(F)F)cc(C(F)(F)F)c2)c1O. The molecule has 23 heteroatoms. The molecule has 53 heavy (non-hydrogen) atoms. The summed E-state index contributed by atoms with van der Waals surface area (Å²) >= 11 is 0. The summed E-state index contributed by atoms with van der Waals surface area (Å²) in [4.78, 5) is 0. The van der Waals surface area contributed by atoms with Crippen molar-refractivity contribution in [1.29, 1.82) is 0 Å². The third-order valence-electron chi connectivity index (χ3n) is 7.14. The summed E-state index contributed by atoms with van der Waals surface area (Å²) in [5, 5.41) is 33.9. The highest BCUT2D eigenvalue weighted by molar-refractivity contribution is 6.29. The predicted molar refractivity (Wildman–Crippen MR) is 141 cm³/mol. The van der Waals surface area contributed by atoms with Gasteiger partial charge in [-0.05, 0) is 82.9 Å². The molecule has 1 N–H and O–H groups in total. The first-order chi connectivity index (χ1) is 23.8. The number of hydrogen-bond acceptors (Lipinski definition) is 4. The van der Waals surface area contributed by atoms with Gasteiger partial charge in [-0.2, -0.15) is 79.0 Å². The number of alkyl halides is 18. The molecule has 0 amide bonds. The fraction of sp³-hybridized carbons (Fsp3) is 0.200. The Morgan fingerprint density at radius 3 is 0.925 bits per heavy atom. The van der Waals surface area contributed by atoms with Crippen LogP contribution in [-0.2, 0) is 37.1 Å². The third kappa shape index (κ3) is 9.06. The summed E-state index contributed by atoms with van der Waals surface area (Å²) in [6.07, 6.45) is -34.5. The minimum absolute atomic E-state index is 0.0294. The van der Waals surface area contributed by atoms with Crippen LogP contribution in [0, 0.1) is 0 Å². The van der Waals surface area contributed by atoms with Gasteiger partial charge in [0.25, 0.3) is 0 Å². The van der Waals surface area contributed by atoms with Crippen molar-refractivity contribution in [2.75, 3.05) is 0 Å². The van der Waals surface area contributed by atoms with Crippen molar-refractivity contribution >= 4 is 7.32 Å². The van der Waals surface area contributed by atoms with E-state index in [0.29, 0.717) is 0 Å². The van der Waals surface area contributed by atoms with Crippen molar-refractivity contribution in [3.05, 3.63) is 94.0 Å². The number of phenolic OH excluding ortho intramolecular Hbond substituents is 1. The van der Waals surface area contributed by atoms with Crippen LogP contribution in [-0.4, -0.2) is 12.4 Å². The highest BCUT2D eigenvalue weighted by Gasteiger charge is 2.41. The van der Waals surface area contributed by atoms with Crippen molar-refractivity contribution in [1.82, 2.24) is 0 Å². The van der Waals surface area contributed by atoms with Crippen LogP contribution in [0.4, 0.5) is 79.0 Å². The Morgan fingerprint density at radius 2 is 0.660 bits per heavy atom. The third-order valence-corrected chi connectivity index (χ3v) is 7.14. The predicted octanol–water partition coefficient (Wildman–Crippen LogP) is 9.59. The Labute approximate surface area is 282 Å². The van der Waals surface area contributed by atoms with Gasteiger partial charge in [0.2, 0.25) is 0 Å². The lowest BCUT2D eigenvalue weighted by atomic mass is 9.83. The molecule has 0 saturated carbocycles. The molecular weight excluding hydrogens is 777 g/mol. The fourth-order valence-corrected chi connectivity index (χ4v) is 4.96. The molecule has 0 fully saturated rings. The molecule has 0 saturated heterocycles. The van der Waals surface area contributed by atoms with E-state index in [9.17, 15) is 94.2 Å². The molecule has 0 unspecified atom stereocenters. The molecule has 4 aromatic carbocycles. The average Bonchev–Trinajstić information content (AvgIpc) is 2.98. The van der Waals surface area contributed by atoms with E-state index in [1.165, 1.54) is 0 Å². The maximum Gasteiger partial charge on any atom is 0.416 e. The molecule has 0 spiro atoms. The first-order valence-corrected chi connectivity index (χ1v) is 13.6. The zero-order chi connectivity index (χ0) is 40.4. The van der Waals surface area contributed by atoms with Crippen molar-refractivity contribution in [3.8, 4) is 44.9 Å². The highest BCUT2D eigenvalue weighted by atomic mass is 19.4. The van der Waals surface area contributed by atoms with Crippen LogP contribution in [0.1, 0.15) is 33.4 Å². The Morgan fingerprint density at radius 1 is 0.396 bits per heavy atom. The van der Waals surface area contributed by atoms with Gasteiger partial charge in [-0.15, -0.1) is 0 Å². The van der Waals surface area contributed by atoms with Crippen LogP contribution in [0.5, 0.6) is 11.5 Å². The van der Waals surface area contributed by atoms with E-state index in [2.05, 4.69) is 4.65 Å². The van der Waals surface area contributed by atoms with E-state index < -0.39 is 141 Å². The molecular formula is C30H11BF18O4-2. The van der Waals surface area contributed by atoms with E-state index in [0.717, 1.165) is 0 Å². The van der Waals surface area contributed by atoms with Crippen LogP contribution in [0.2, 0.25) is 0 Å². The van der Waals surface area contributed by atoms with Crippen LogP contribution >= 0.6 is 0 Å². The van der Waals surface area contributed by atoms with Gasteiger partial charge >= 0.3 is 37.1 Å². The second-order valence-corrected chi connectivity index (χ2v) is 10.8. The van der Waals surface area contributed by atoms with Gasteiger partial charge in [-0.1, -0.05) is 0 Å². The molecule has 0 bridgehead atoms. The molecule has 0 aromatic heterocycles. The van der Waals surface area contributed by atoms with Crippen molar-refractivity contribution in [3.63, 3.8) is 0 Å². The van der Waals surface area contributed by atoms with Crippen molar-refractivity contribution in [2.24, 2.45) is 0 Å². The van der Waals surface area contributed by atoms with Crippen LogP contribution in [0.3, 0.4) is 0 Å². The molecule has 0 aliphatic heterocycles. The van der Waals surface area contributed by atoms with E-state index in [-0.39, 0.29) is 42.5 Å². The lowest BCUT2D eigenvalue weighted by Crippen LogP contribution is -2.50. The maximum atomic E-state index is 13.9. The Bertz CT molecular complexity index is 1920. The molecule has 0 heterocycles. The van der Waals surface area contributed by atoms with Crippen LogP contribution < -0.4 is 14.7 Å². The lowest BCUT2D eigenvalue weighted by molar-refractivity contribution is -0.372. The normalized spacial score (nSPS) is 13.4. The summed E-state index contributed by atoms with van der Waals surface area (Å²) in [6, 6.07) is -3.14. The lowest BCUT2D eigenvalue weighted by Gasteiger charge is -2.30. The van der Waals surface area contributed by atoms with Gasteiger partial charge in [-0.3, -0.25) is 0 Å². The minimum Gasteiger partial charge on any atom is -0.860 e. The Kier molecular flexibility index (Phi) is 10.2. The second kappa shape index (κ2) is 13.3. The fourth-order valence-electron chi connectivity index (χ4n) is 4.96. The Hall–Kier alpha value is -4.80. The first-order valence-electron chi connectivity index (χ1n) is 13.6. The van der Waals surface area contributed by atoms with Gasteiger partial charge in [0.1, 0.15) is 13.1 Å². The monoisotopic (exact) mass is 788 g/mol. The number of hydrogen-bond donors (Lipinski definition) is 1. The maximum absolute atomic E-state index is 13.9. The van der Waals surface area contributed by atoms with E-state index in [4.69, 9.17) is 0 Å². The number of halogens is 18. The highest BCUT2D eigenvalue weighted by Crippen LogP contribution is 2.53. The van der Waals surface area contributed by atoms with Crippen molar-refractivity contribution in [2.45, 2.75) is 37.1 Å². The topological polar surface area (TPSA) is 75.6 Å². The summed E-state index contributed by atoms with van der Waals surface area (Å²) in [5.74, 6) is -3.64. The molecule has 4 nitrogen and oxygen atoms in total. The van der Waals surface area contributed by atoms with E-state index in [1.807, 2.05) is 0 Å². The van der Waals surface area contributed by atoms with Gasteiger partial charge in [0.15, 0.2) is 5.75 Å². The molecule has 0 aliphatic carbocycles. The van der Waals surface area contributed by atoms with Crippen LogP contribution in [0.15, 0.2) is 60.7 Å². The van der Waals surface area contributed by atoms with Gasteiger partial charge in [-0.25, -0.2) is 0 Å². The van der Waals surface area contributed by atoms with Gasteiger partial charge in [0, 0.05) is 11.1 Å². The molecule has 0 aliphatic rings.